The smallest absolute Gasteiger partial charge is 0.252 e. The van der Waals surface area contributed by atoms with Crippen LogP contribution in [0.15, 0.2) is 40.6 Å². The average Bonchev–Trinajstić information content (AvgIpc) is 3.41. The van der Waals surface area contributed by atoms with Crippen molar-refractivity contribution in [2.75, 3.05) is 26.7 Å². The summed E-state index contributed by atoms with van der Waals surface area (Å²) in [6.07, 6.45) is 12.2. The Hall–Kier alpha value is -1.94. The van der Waals surface area contributed by atoms with Crippen LogP contribution in [0.2, 0.25) is 0 Å². The monoisotopic (exact) mass is 549 g/mol. The average molecular weight is 550 g/mol. The van der Waals surface area contributed by atoms with E-state index in [0.29, 0.717) is 34.7 Å². The fourth-order valence-electron chi connectivity index (χ4n) is 4.62. The predicted octanol–water partition coefficient (Wildman–Crippen LogP) is 5.57. The second-order valence-corrected chi connectivity index (χ2v) is 13.1. The largest absolute Gasteiger partial charge is 0.497 e. The third-order valence-electron chi connectivity index (χ3n) is 6.90. The van der Waals surface area contributed by atoms with Crippen molar-refractivity contribution < 1.29 is 17.9 Å². The first kappa shape index (κ1) is 29.6. The fourth-order valence-corrected chi connectivity index (χ4v) is 7.54. The van der Waals surface area contributed by atoms with Crippen LogP contribution in [0.5, 0.6) is 5.75 Å². The van der Waals surface area contributed by atoms with Gasteiger partial charge in [0.15, 0.2) is 0 Å². The molecule has 0 bridgehead atoms. The quantitative estimate of drug-likeness (QED) is 0.267. The summed E-state index contributed by atoms with van der Waals surface area (Å²) in [5.41, 5.74) is 0.502. The van der Waals surface area contributed by atoms with Gasteiger partial charge >= 0.3 is 0 Å². The van der Waals surface area contributed by atoms with Crippen molar-refractivity contribution in [2.24, 2.45) is 0 Å². The first-order chi connectivity index (χ1) is 17.9. The minimum atomic E-state index is -3.51. The maximum absolute atomic E-state index is 13.2. The van der Waals surface area contributed by atoms with Gasteiger partial charge < -0.3 is 15.4 Å². The summed E-state index contributed by atoms with van der Waals surface area (Å²) in [5.74, 6) is 0.391. The van der Waals surface area contributed by atoms with Gasteiger partial charge in [-0.1, -0.05) is 57.9 Å². The Kier molecular flexibility index (Phi) is 12.4. The summed E-state index contributed by atoms with van der Waals surface area (Å²) in [7, 11) is -1.95. The number of sulfonamides is 1. The third-order valence-corrected chi connectivity index (χ3v) is 10.4. The molecule has 0 spiro atoms. The second kappa shape index (κ2) is 15.5. The van der Waals surface area contributed by atoms with Gasteiger partial charge in [0, 0.05) is 29.6 Å². The van der Waals surface area contributed by atoms with Crippen molar-refractivity contribution in [1.29, 1.82) is 0 Å². The number of nitrogens with zero attached hydrogens (tertiary/aromatic N) is 1. The lowest BCUT2D eigenvalue weighted by molar-refractivity contribution is 0.0951. The Labute approximate surface area is 227 Å². The van der Waals surface area contributed by atoms with E-state index in [0.717, 1.165) is 24.3 Å². The highest BCUT2D eigenvalue weighted by Gasteiger charge is 2.30. The molecule has 1 fully saturated rings. The highest BCUT2D eigenvalue weighted by molar-refractivity contribution is 7.91. The number of amides is 1. The number of ether oxygens (including phenoxy) is 1. The molecular formula is C28H43N3O4S2. The molecule has 2 N–H and O–H groups in total. The van der Waals surface area contributed by atoms with E-state index in [9.17, 15) is 13.2 Å². The molecule has 1 aliphatic rings. The van der Waals surface area contributed by atoms with E-state index in [1.54, 1.807) is 47.8 Å². The standard InChI is InChI=1S/C28H43N3O4S2/c1-3-4-5-6-7-8-9-10-18-29-24-16-19-31(20-17-24)37(33,34)27-15-14-26(36-27)22-30-28(32)23-12-11-13-25(21-23)35-2/h11-15,21,24,29H,3-10,16-20,22H2,1-2H3,(H,30,32). The van der Waals surface area contributed by atoms with Crippen molar-refractivity contribution >= 4 is 27.3 Å². The molecule has 206 valence electrons. The van der Waals surface area contributed by atoms with Crippen molar-refractivity contribution in [3.63, 3.8) is 0 Å². The minimum absolute atomic E-state index is 0.224. The van der Waals surface area contributed by atoms with Crippen LogP contribution in [-0.4, -0.2) is 51.4 Å². The molecule has 0 atom stereocenters. The van der Waals surface area contributed by atoms with Crippen LogP contribution in [0.1, 0.15) is 86.4 Å². The SMILES string of the molecule is CCCCCCCCCCNC1CCN(S(=O)(=O)c2ccc(CNC(=O)c3cccc(OC)c3)s2)CC1. The van der Waals surface area contributed by atoms with Gasteiger partial charge in [-0.15, -0.1) is 11.3 Å². The van der Waals surface area contributed by atoms with Gasteiger partial charge in [0.25, 0.3) is 15.9 Å². The molecule has 1 aromatic carbocycles. The molecule has 9 heteroatoms. The molecule has 7 nitrogen and oxygen atoms in total. The van der Waals surface area contributed by atoms with Crippen LogP contribution in [0.3, 0.4) is 0 Å². The molecule has 1 aliphatic heterocycles. The highest BCUT2D eigenvalue weighted by atomic mass is 32.2. The van der Waals surface area contributed by atoms with Crippen LogP contribution < -0.4 is 15.4 Å². The summed E-state index contributed by atoms with van der Waals surface area (Å²) in [6, 6.07) is 10.8. The van der Waals surface area contributed by atoms with Crippen molar-refractivity contribution in [3.8, 4) is 5.75 Å². The number of hydrogen-bond acceptors (Lipinski definition) is 6. The summed E-state index contributed by atoms with van der Waals surface area (Å²) in [5, 5.41) is 6.49. The molecule has 3 rings (SSSR count). The number of nitrogens with one attached hydrogen (secondary N) is 2. The Bertz CT molecular complexity index is 1060. The van der Waals surface area contributed by atoms with Crippen molar-refractivity contribution in [1.82, 2.24) is 14.9 Å². The molecule has 0 aliphatic carbocycles. The number of carbonyl (C=O) groups is 1. The maximum Gasteiger partial charge on any atom is 0.252 e. The highest BCUT2D eigenvalue weighted by Crippen LogP contribution is 2.27. The lowest BCUT2D eigenvalue weighted by Crippen LogP contribution is -2.44. The first-order valence-corrected chi connectivity index (χ1v) is 15.9. The molecular weight excluding hydrogens is 506 g/mol. The van der Waals surface area contributed by atoms with Gasteiger partial charge in [0.2, 0.25) is 0 Å². The summed E-state index contributed by atoms with van der Waals surface area (Å²) < 4.78 is 33.5. The molecule has 1 amide bonds. The van der Waals surface area contributed by atoms with Crippen molar-refractivity contribution in [2.45, 2.75) is 87.9 Å². The normalized spacial score (nSPS) is 15.1. The Morgan fingerprint density at radius 2 is 1.73 bits per heavy atom. The number of hydrogen-bond donors (Lipinski definition) is 2. The van der Waals surface area contributed by atoms with Crippen LogP contribution in [0, 0.1) is 0 Å². The minimum Gasteiger partial charge on any atom is -0.497 e. The van der Waals surface area contributed by atoms with Gasteiger partial charge in [-0.05, 0) is 56.1 Å². The number of benzene rings is 1. The summed E-state index contributed by atoms with van der Waals surface area (Å²) in [4.78, 5) is 13.3. The molecule has 37 heavy (non-hydrogen) atoms. The van der Waals surface area contributed by atoms with Gasteiger partial charge in [-0.25, -0.2) is 8.42 Å². The van der Waals surface area contributed by atoms with Gasteiger partial charge in [0.05, 0.1) is 13.7 Å². The number of unbranched alkanes of at least 4 members (excludes halogenated alkanes) is 7. The molecule has 0 unspecified atom stereocenters. The Morgan fingerprint density at radius 3 is 2.43 bits per heavy atom. The van der Waals surface area contributed by atoms with Crippen LogP contribution >= 0.6 is 11.3 Å². The van der Waals surface area contributed by atoms with E-state index >= 15 is 0 Å². The lowest BCUT2D eigenvalue weighted by atomic mass is 10.1. The lowest BCUT2D eigenvalue weighted by Gasteiger charge is -2.31. The number of rotatable bonds is 16. The van der Waals surface area contributed by atoms with E-state index in [1.165, 1.54) is 62.7 Å². The predicted molar refractivity (Wildman–Crippen MR) is 151 cm³/mol. The van der Waals surface area contributed by atoms with Crippen molar-refractivity contribution in [3.05, 3.63) is 46.8 Å². The maximum atomic E-state index is 13.2. The topological polar surface area (TPSA) is 87.7 Å². The Morgan fingerprint density at radius 1 is 1.03 bits per heavy atom. The molecule has 0 radical (unpaired) electrons. The molecule has 2 aromatic rings. The van der Waals surface area contributed by atoms with Crippen LogP contribution in [0.25, 0.3) is 0 Å². The molecule has 1 aromatic heterocycles. The third kappa shape index (κ3) is 9.39. The van der Waals surface area contributed by atoms with E-state index < -0.39 is 10.0 Å². The second-order valence-electron chi connectivity index (χ2n) is 9.74. The summed E-state index contributed by atoms with van der Waals surface area (Å²) in [6.45, 7) is 4.62. The van der Waals surface area contributed by atoms with Crippen LogP contribution in [-0.2, 0) is 16.6 Å². The summed E-state index contributed by atoms with van der Waals surface area (Å²) >= 11 is 1.22. The van der Waals surface area contributed by atoms with Crippen LogP contribution in [0.4, 0.5) is 0 Å². The number of methoxy groups -OCH3 is 1. The van der Waals surface area contributed by atoms with Gasteiger partial charge in [0.1, 0.15) is 9.96 Å². The Balaban J connectivity index is 1.37. The molecule has 1 saturated heterocycles. The molecule has 0 saturated carbocycles. The first-order valence-electron chi connectivity index (χ1n) is 13.7. The number of piperidine rings is 1. The molecule has 2 heterocycles. The zero-order valence-electron chi connectivity index (χ0n) is 22.3. The fraction of sp³-hybridized carbons (Fsp3) is 0.607. The van der Waals surface area contributed by atoms with E-state index in [1.807, 2.05) is 0 Å². The zero-order valence-corrected chi connectivity index (χ0v) is 24.0. The zero-order chi connectivity index (χ0) is 26.5. The van der Waals surface area contributed by atoms with E-state index in [2.05, 4.69) is 17.6 Å². The van der Waals surface area contributed by atoms with Gasteiger partial charge in [-0.2, -0.15) is 4.31 Å². The van der Waals surface area contributed by atoms with E-state index in [-0.39, 0.29) is 12.5 Å². The number of carbonyl (C=O) groups excluding carboxylic acids is 1. The van der Waals surface area contributed by atoms with E-state index in [4.69, 9.17) is 4.74 Å². The number of thiophene rings is 1. The van der Waals surface area contributed by atoms with Gasteiger partial charge in [-0.3, -0.25) is 4.79 Å².